The second-order valence-electron chi connectivity index (χ2n) is 7.09. The van der Waals surface area contributed by atoms with Crippen LogP contribution in [0.4, 0.5) is 10.2 Å². The highest BCUT2D eigenvalue weighted by molar-refractivity contribution is 8.00. The number of ether oxygens (including phenoxy) is 1. The van der Waals surface area contributed by atoms with Crippen molar-refractivity contribution in [3.05, 3.63) is 95.5 Å². The predicted octanol–water partition coefficient (Wildman–Crippen LogP) is 5.31. The third kappa shape index (κ3) is 4.18. The van der Waals surface area contributed by atoms with E-state index in [2.05, 4.69) is 14.9 Å². The molecule has 0 bridgehead atoms. The van der Waals surface area contributed by atoms with Crippen LogP contribution in [0.15, 0.2) is 93.5 Å². The Morgan fingerprint density at radius 2 is 1.94 bits per heavy atom. The number of halogens is 1. The summed E-state index contributed by atoms with van der Waals surface area (Å²) in [6, 6.07) is 17.5. The zero-order valence-corrected chi connectivity index (χ0v) is 18.2. The number of methoxy groups -OCH3 is 1. The molecule has 33 heavy (non-hydrogen) atoms. The van der Waals surface area contributed by atoms with Gasteiger partial charge in [0, 0.05) is 28.8 Å². The second kappa shape index (κ2) is 8.79. The quantitative estimate of drug-likeness (QED) is 0.344. The lowest BCUT2D eigenvalue weighted by Crippen LogP contribution is -2.18. The van der Waals surface area contributed by atoms with Crippen molar-refractivity contribution >= 4 is 28.7 Å². The molecule has 7 nitrogen and oxygen atoms in total. The number of aromatic nitrogens is 3. The average molecular weight is 460 g/mol. The summed E-state index contributed by atoms with van der Waals surface area (Å²) in [6.45, 7) is 0. The molecule has 3 aromatic heterocycles. The van der Waals surface area contributed by atoms with Crippen LogP contribution in [0.1, 0.15) is 0 Å². The van der Waals surface area contributed by atoms with Crippen LogP contribution in [-0.4, -0.2) is 21.8 Å². The monoisotopic (exact) mass is 460 g/mol. The van der Waals surface area contributed by atoms with E-state index in [1.165, 1.54) is 30.3 Å². The van der Waals surface area contributed by atoms with E-state index in [9.17, 15) is 9.18 Å². The van der Waals surface area contributed by atoms with Crippen LogP contribution >= 0.6 is 11.9 Å². The Labute approximate surface area is 192 Å². The molecule has 0 aliphatic rings. The van der Waals surface area contributed by atoms with Crippen LogP contribution in [0.25, 0.3) is 27.7 Å². The van der Waals surface area contributed by atoms with Crippen molar-refractivity contribution in [2.75, 3.05) is 11.8 Å². The number of nitrogens with zero attached hydrogens (tertiary/aromatic N) is 3. The van der Waals surface area contributed by atoms with Gasteiger partial charge in [-0.25, -0.2) is 4.39 Å². The van der Waals surface area contributed by atoms with Crippen molar-refractivity contribution in [2.24, 2.45) is 0 Å². The summed E-state index contributed by atoms with van der Waals surface area (Å²) in [6.07, 6.45) is 4.21. The molecule has 0 unspecified atom stereocenters. The summed E-state index contributed by atoms with van der Waals surface area (Å²) < 4.78 is 28.8. The Kier molecular flexibility index (Phi) is 5.54. The summed E-state index contributed by atoms with van der Waals surface area (Å²) in [5.41, 5.74) is 2.36. The van der Waals surface area contributed by atoms with Crippen LogP contribution in [0.2, 0.25) is 0 Å². The minimum Gasteiger partial charge on any atom is -0.495 e. The molecule has 0 fully saturated rings. The zero-order valence-electron chi connectivity index (χ0n) is 17.4. The molecular formula is C24H17FN4O3S. The molecule has 0 spiro atoms. The molecule has 9 heteroatoms. The second-order valence-corrected chi connectivity index (χ2v) is 7.97. The van der Waals surface area contributed by atoms with E-state index in [0.717, 1.165) is 16.5 Å². The Morgan fingerprint density at radius 1 is 1.03 bits per heavy atom. The molecule has 0 saturated heterocycles. The normalized spacial score (nSPS) is 11.0. The van der Waals surface area contributed by atoms with E-state index in [1.54, 1.807) is 48.2 Å². The molecule has 0 aliphatic carbocycles. The van der Waals surface area contributed by atoms with Gasteiger partial charge in [0.15, 0.2) is 5.82 Å². The highest BCUT2D eigenvalue weighted by atomic mass is 32.2. The van der Waals surface area contributed by atoms with Crippen molar-refractivity contribution in [3.8, 4) is 22.6 Å². The minimum atomic E-state index is -0.434. The number of pyridine rings is 2. The molecule has 3 heterocycles. The van der Waals surface area contributed by atoms with Crippen LogP contribution < -0.4 is 15.0 Å². The largest absolute Gasteiger partial charge is 0.495 e. The first-order valence-corrected chi connectivity index (χ1v) is 10.7. The fourth-order valence-corrected chi connectivity index (χ4v) is 4.18. The lowest BCUT2D eigenvalue weighted by atomic mass is 10.1. The molecule has 0 atom stereocenters. The molecule has 1 N–H and O–H groups in total. The van der Waals surface area contributed by atoms with Gasteiger partial charge >= 0.3 is 0 Å². The lowest BCUT2D eigenvalue weighted by Gasteiger charge is -2.16. The topological polar surface area (TPSA) is 82.2 Å². The minimum absolute atomic E-state index is 0.212. The van der Waals surface area contributed by atoms with Gasteiger partial charge in [-0.1, -0.05) is 11.2 Å². The van der Waals surface area contributed by atoms with Crippen LogP contribution in [0, 0.1) is 5.82 Å². The number of nitrogens with one attached hydrogen (secondary N) is 1. The first-order chi connectivity index (χ1) is 16.1. The van der Waals surface area contributed by atoms with Gasteiger partial charge in [-0.05, 0) is 65.4 Å². The third-order valence-corrected chi connectivity index (χ3v) is 5.84. The standard InChI is InChI=1S/C24H17FN4O3S/c1-31-22-6-2-15(17-10-18(25)14-26-13-17)12-21(22)29-20-5-4-19(11-16(20)3-7-24(29)30)33-28-23-8-9-32-27-23/h2-14H,1H3,(H,27,28). The summed E-state index contributed by atoms with van der Waals surface area (Å²) in [5, 5.41) is 4.68. The van der Waals surface area contributed by atoms with E-state index in [4.69, 9.17) is 9.26 Å². The average Bonchev–Trinajstić information content (AvgIpc) is 3.36. The van der Waals surface area contributed by atoms with Gasteiger partial charge in [0.1, 0.15) is 17.8 Å². The number of benzene rings is 2. The maximum atomic E-state index is 13.7. The summed E-state index contributed by atoms with van der Waals surface area (Å²) in [7, 11) is 1.54. The highest BCUT2D eigenvalue weighted by Crippen LogP contribution is 2.31. The Balaban J connectivity index is 1.60. The zero-order chi connectivity index (χ0) is 22.8. The molecule has 2 aromatic carbocycles. The maximum absolute atomic E-state index is 13.7. The lowest BCUT2D eigenvalue weighted by molar-refractivity contribution is 0.413. The van der Waals surface area contributed by atoms with Gasteiger partial charge < -0.3 is 14.0 Å². The van der Waals surface area contributed by atoms with E-state index in [0.29, 0.717) is 33.9 Å². The van der Waals surface area contributed by atoms with Crippen molar-refractivity contribution in [1.82, 2.24) is 14.7 Å². The molecule has 0 saturated carbocycles. The van der Waals surface area contributed by atoms with Crippen LogP contribution in [0.5, 0.6) is 5.75 Å². The van der Waals surface area contributed by atoms with E-state index < -0.39 is 5.82 Å². The van der Waals surface area contributed by atoms with Gasteiger partial charge in [-0.3, -0.25) is 14.3 Å². The van der Waals surface area contributed by atoms with Crippen LogP contribution in [-0.2, 0) is 0 Å². The molecule has 164 valence electrons. The first-order valence-electron chi connectivity index (χ1n) is 9.91. The Bertz CT molecular complexity index is 1500. The molecular weight excluding hydrogens is 443 g/mol. The smallest absolute Gasteiger partial charge is 0.255 e. The van der Waals surface area contributed by atoms with Gasteiger partial charge in [-0.15, -0.1) is 0 Å². The van der Waals surface area contributed by atoms with Gasteiger partial charge in [0.05, 0.1) is 24.5 Å². The maximum Gasteiger partial charge on any atom is 0.255 e. The fraction of sp³-hybridized carbons (Fsp3) is 0.0417. The van der Waals surface area contributed by atoms with Crippen molar-refractivity contribution < 1.29 is 13.7 Å². The number of anilines is 1. The van der Waals surface area contributed by atoms with E-state index in [-0.39, 0.29) is 5.56 Å². The summed E-state index contributed by atoms with van der Waals surface area (Å²) in [4.78, 5) is 17.8. The summed E-state index contributed by atoms with van der Waals surface area (Å²) >= 11 is 1.38. The van der Waals surface area contributed by atoms with Crippen molar-refractivity contribution in [1.29, 1.82) is 0 Å². The fourth-order valence-electron chi connectivity index (χ4n) is 3.53. The Hall–Kier alpha value is -4.11. The van der Waals surface area contributed by atoms with Gasteiger partial charge in [0.2, 0.25) is 0 Å². The predicted molar refractivity (Wildman–Crippen MR) is 125 cm³/mol. The van der Waals surface area contributed by atoms with Crippen molar-refractivity contribution in [3.63, 3.8) is 0 Å². The van der Waals surface area contributed by atoms with E-state index >= 15 is 0 Å². The molecule has 5 rings (SSSR count). The van der Waals surface area contributed by atoms with Gasteiger partial charge in [-0.2, -0.15) is 0 Å². The first kappa shape index (κ1) is 20.8. The van der Waals surface area contributed by atoms with Gasteiger partial charge in [0.25, 0.3) is 5.56 Å². The highest BCUT2D eigenvalue weighted by Gasteiger charge is 2.14. The number of fused-ring (bicyclic) bond motifs is 1. The number of rotatable bonds is 6. The summed E-state index contributed by atoms with van der Waals surface area (Å²) in [5.74, 6) is 0.693. The molecule has 0 radical (unpaired) electrons. The number of hydrogen-bond acceptors (Lipinski definition) is 7. The van der Waals surface area contributed by atoms with Crippen molar-refractivity contribution in [2.45, 2.75) is 4.90 Å². The SMILES string of the molecule is COc1ccc(-c2cncc(F)c2)cc1-n1c(=O)ccc2cc(SNc3ccon3)ccc21. The van der Waals surface area contributed by atoms with E-state index in [1.807, 2.05) is 18.2 Å². The number of hydrogen-bond donors (Lipinski definition) is 1. The molecule has 0 aliphatic heterocycles. The molecule has 5 aromatic rings. The molecule has 0 amide bonds. The third-order valence-electron chi connectivity index (χ3n) is 5.03. The van der Waals surface area contributed by atoms with Crippen LogP contribution in [0.3, 0.4) is 0 Å². The Morgan fingerprint density at radius 3 is 2.73 bits per heavy atom.